The zero-order valence-electron chi connectivity index (χ0n) is 9.03. The minimum atomic E-state index is 0.629. The lowest BCUT2D eigenvalue weighted by atomic mass is 10.2. The molecule has 2 aromatic rings. The maximum absolute atomic E-state index is 5.62. The third-order valence-electron chi connectivity index (χ3n) is 2.38. The maximum Gasteiger partial charge on any atom is 0.0670 e. The first-order valence-electron chi connectivity index (χ1n) is 4.97. The Hall–Kier alpha value is -1.13. The van der Waals surface area contributed by atoms with Gasteiger partial charge in [-0.15, -0.1) is 11.3 Å². The van der Waals surface area contributed by atoms with Crippen LogP contribution in [0.25, 0.3) is 0 Å². The predicted molar refractivity (Wildman–Crippen MR) is 63.0 cm³/mol. The summed E-state index contributed by atoms with van der Waals surface area (Å²) in [5, 5.41) is 4.37. The third kappa shape index (κ3) is 2.27. The van der Waals surface area contributed by atoms with Gasteiger partial charge in [0.1, 0.15) is 0 Å². The van der Waals surface area contributed by atoms with Crippen LogP contribution in [0, 0.1) is 13.8 Å². The van der Waals surface area contributed by atoms with E-state index >= 15 is 0 Å². The SMILES string of the molecule is Cc1ccn(Cc2cc(CN)sc2C)n1. The van der Waals surface area contributed by atoms with Crippen molar-refractivity contribution in [2.75, 3.05) is 0 Å². The Bertz CT molecular complexity index is 456. The van der Waals surface area contributed by atoms with Crippen LogP contribution in [0.1, 0.15) is 21.0 Å². The molecule has 0 fully saturated rings. The van der Waals surface area contributed by atoms with Gasteiger partial charge in [-0.3, -0.25) is 4.68 Å². The molecule has 0 spiro atoms. The van der Waals surface area contributed by atoms with E-state index in [2.05, 4.69) is 18.1 Å². The molecule has 0 aliphatic heterocycles. The van der Waals surface area contributed by atoms with E-state index in [1.165, 1.54) is 15.3 Å². The van der Waals surface area contributed by atoms with Crippen molar-refractivity contribution in [3.05, 3.63) is 39.3 Å². The number of aryl methyl sites for hydroxylation is 2. The Morgan fingerprint density at radius 2 is 2.27 bits per heavy atom. The summed E-state index contributed by atoms with van der Waals surface area (Å²) in [7, 11) is 0. The summed E-state index contributed by atoms with van der Waals surface area (Å²) in [5.74, 6) is 0. The molecule has 0 aromatic carbocycles. The number of hydrogen-bond donors (Lipinski definition) is 1. The van der Waals surface area contributed by atoms with E-state index in [9.17, 15) is 0 Å². The van der Waals surface area contributed by atoms with Crippen molar-refractivity contribution in [2.24, 2.45) is 5.73 Å². The van der Waals surface area contributed by atoms with Crippen molar-refractivity contribution in [3.8, 4) is 0 Å². The van der Waals surface area contributed by atoms with Gasteiger partial charge in [0.05, 0.1) is 12.2 Å². The van der Waals surface area contributed by atoms with E-state index in [0.717, 1.165) is 12.2 Å². The van der Waals surface area contributed by atoms with Crippen molar-refractivity contribution < 1.29 is 0 Å². The highest BCUT2D eigenvalue weighted by molar-refractivity contribution is 7.12. The maximum atomic E-state index is 5.62. The van der Waals surface area contributed by atoms with Gasteiger partial charge in [0.25, 0.3) is 0 Å². The lowest BCUT2D eigenvalue weighted by Crippen LogP contribution is -2.00. The normalized spacial score (nSPS) is 10.9. The molecule has 0 amide bonds. The van der Waals surface area contributed by atoms with Crippen LogP contribution in [0.3, 0.4) is 0 Å². The molecule has 0 unspecified atom stereocenters. The molecule has 0 saturated heterocycles. The molecule has 0 radical (unpaired) electrons. The molecule has 0 aliphatic rings. The average molecular weight is 221 g/mol. The van der Waals surface area contributed by atoms with Crippen LogP contribution in [0.15, 0.2) is 18.3 Å². The first kappa shape index (κ1) is 10.4. The van der Waals surface area contributed by atoms with E-state index in [0.29, 0.717) is 6.54 Å². The summed E-state index contributed by atoms with van der Waals surface area (Å²) in [4.78, 5) is 2.58. The van der Waals surface area contributed by atoms with Gasteiger partial charge in [-0.2, -0.15) is 5.10 Å². The molecule has 2 heterocycles. The van der Waals surface area contributed by atoms with E-state index in [1.807, 2.05) is 23.9 Å². The monoisotopic (exact) mass is 221 g/mol. The van der Waals surface area contributed by atoms with E-state index in [1.54, 1.807) is 11.3 Å². The Kier molecular flexibility index (Phi) is 2.88. The average Bonchev–Trinajstić information content (AvgIpc) is 2.75. The summed E-state index contributed by atoms with van der Waals surface area (Å²) in [6, 6.07) is 4.20. The Labute approximate surface area is 93.5 Å². The molecular weight excluding hydrogens is 206 g/mol. The van der Waals surface area contributed by atoms with Crippen LogP contribution in [0.5, 0.6) is 0 Å². The number of rotatable bonds is 3. The van der Waals surface area contributed by atoms with Crippen molar-refractivity contribution in [1.82, 2.24) is 9.78 Å². The van der Waals surface area contributed by atoms with Gasteiger partial charge in [-0.05, 0) is 31.5 Å². The van der Waals surface area contributed by atoms with E-state index in [4.69, 9.17) is 5.73 Å². The second-order valence-electron chi connectivity index (χ2n) is 3.65. The van der Waals surface area contributed by atoms with Gasteiger partial charge >= 0.3 is 0 Å². The second-order valence-corrected chi connectivity index (χ2v) is 4.99. The summed E-state index contributed by atoms with van der Waals surface area (Å²) < 4.78 is 1.96. The molecule has 0 aliphatic carbocycles. The lowest BCUT2D eigenvalue weighted by Gasteiger charge is -1.99. The summed E-state index contributed by atoms with van der Waals surface area (Å²) in [6.45, 7) is 5.61. The predicted octanol–water partition coefficient (Wildman–Crippen LogP) is 2.07. The Balaban J connectivity index is 2.20. The second kappa shape index (κ2) is 4.16. The fourth-order valence-electron chi connectivity index (χ4n) is 1.57. The molecule has 0 bridgehead atoms. The first-order chi connectivity index (χ1) is 7.19. The molecule has 4 heteroatoms. The molecular formula is C11H15N3S. The molecule has 0 atom stereocenters. The molecule has 3 nitrogen and oxygen atoms in total. The van der Waals surface area contributed by atoms with Gasteiger partial charge in [-0.1, -0.05) is 0 Å². The van der Waals surface area contributed by atoms with Crippen LogP contribution < -0.4 is 5.73 Å². The number of aromatic nitrogens is 2. The number of thiophene rings is 1. The topological polar surface area (TPSA) is 43.8 Å². The summed E-state index contributed by atoms with van der Waals surface area (Å²) in [6.07, 6.45) is 2.01. The van der Waals surface area contributed by atoms with Gasteiger partial charge < -0.3 is 5.73 Å². The van der Waals surface area contributed by atoms with Crippen LogP contribution >= 0.6 is 11.3 Å². The van der Waals surface area contributed by atoms with Crippen LogP contribution in [-0.2, 0) is 13.1 Å². The molecule has 2 N–H and O–H groups in total. The summed E-state index contributed by atoms with van der Waals surface area (Å²) >= 11 is 1.77. The van der Waals surface area contributed by atoms with Crippen LogP contribution in [0.2, 0.25) is 0 Å². The first-order valence-corrected chi connectivity index (χ1v) is 5.79. The molecule has 0 saturated carbocycles. The highest BCUT2D eigenvalue weighted by Gasteiger charge is 2.05. The fraction of sp³-hybridized carbons (Fsp3) is 0.364. The van der Waals surface area contributed by atoms with Crippen molar-refractivity contribution in [2.45, 2.75) is 26.9 Å². The Morgan fingerprint density at radius 3 is 2.80 bits per heavy atom. The standard InChI is InChI=1S/C11H15N3S/c1-8-3-4-14(13-8)7-10-5-11(6-12)15-9(10)2/h3-5H,6-7,12H2,1-2H3. The van der Waals surface area contributed by atoms with E-state index < -0.39 is 0 Å². The van der Waals surface area contributed by atoms with Gasteiger partial charge in [0.15, 0.2) is 0 Å². The minimum Gasteiger partial charge on any atom is -0.326 e. The van der Waals surface area contributed by atoms with Crippen molar-refractivity contribution in [3.63, 3.8) is 0 Å². The molecule has 2 rings (SSSR count). The Morgan fingerprint density at radius 1 is 1.47 bits per heavy atom. The van der Waals surface area contributed by atoms with Crippen molar-refractivity contribution in [1.29, 1.82) is 0 Å². The highest BCUT2D eigenvalue weighted by Crippen LogP contribution is 2.21. The number of hydrogen-bond acceptors (Lipinski definition) is 3. The molecule has 2 aromatic heterocycles. The highest BCUT2D eigenvalue weighted by atomic mass is 32.1. The van der Waals surface area contributed by atoms with Crippen molar-refractivity contribution >= 4 is 11.3 Å². The van der Waals surface area contributed by atoms with Gasteiger partial charge in [0, 0.05) is 22.5 Å². The number of nitrogens with zero attached hydrogens (tertiary/aromatic N) is 2. The summed E-state index contributed by atoms with van der Waals surface area (Å²) in [5.41, 5.74) is 8.00. The zero-order chi connectivity index (χ0) is 10.8. The number of nitrogens with two attached hydrogens (primary N) is 1. The van der Waals surface area contributed by atoms with Gasteiger partial charge in [-0.25, -0.2) is 0 Å². The van der Waals surface area contributed by atoms with E-state index in [-0.39, 0.29) is 0 Å². The largest absolute Gasteiger partial charge is 0.326 e. The smallest absolute Gasteiger partial charge is 0.0670 e. The fourth-order valence-corrected chi connectivity index (χ4v) is 2.50. The molecule has 15 heavy (non-hydrogen) atoms. The minimum absolute atomic E-state index is 0.629. The van der Waals surface area contributed by atoms with Crippen LogP contribution in [-0.4, -0.2) is 9.78 Å². The lowest BCUT2D eigenvalue weighted by molar-refractivity contribution is 0.678. The third-order valence-corrected chi connectivity index (χ3v) is 3.49. The zero-order valence-corrected chi connectivity index (χ0v) is 9.84. The molecule has 80 valence electrons. The quantitative estimate of drug-likeness (QED) is 0.862. The van der Waals surface area contributed by atoms with Gasteiger partial charge in [0.2, 0.25) is 0 Å². The van der Waals surface area contributed by atoms with Crippen LogP contribution in [0.4, 0.5) is 0 Å².